The van der Waals surface area contributed by atoms with Crippen LogP contribution in [-0.2, 0) is 4.74 Å². The summed E-state index contributed by atoms with van der Waals surface area (Å²) in [5.41, 5.74) is 1.34. The van der Waals surface area contributed by atoms with Crippen LogP contribution in [0.1, 0.15) is 30.9 Å². The van der Waals surface area contributed by atoms with Crippen molar-refractivity contribution in [3.8, 4) is 11.5 Å². The standard InChI is InChI=1S/C16H23NO3/c1-18-11-8-17-7-2-4-14(17)13-5-6-15-16(12-13)20-10-3-9-19-15/h5-6,12,14H,2-4,7-11H2,1H3. The molecule has 0 bridgehead atoms. The normalized spacial score (nSPS) is 22.8. The number of hydrogen-bond acceptors (Lipinski definition) is 4. The molecule has 0 N–H and O–H groups in total. The van der Waals surface area contributed by atoms with Gasteiger partial charge in [-0.3, -0.25) is 4.90 Å². The van der Waals surface area contributed by atoms with Crippen molar-refractivity contribution in [2.75, 3.05) is 40.0 Å². The van der Waals surface area contributed by atoms with E-state index in [1.54, 1.807) is 7.11 Å². The monoisotopic (exact) mass is 277 g/mol. The van der Waals surface area contributed by atoms with Gasteiger partial charge in [-0.2, -0.15) is 0 Å². The summed E-state index contributed by atoms with van der Waals surface area (Å²) in [5.74, 6) is 1.78. The Labute approximate surface area is 120 Å². The molecule has 2 heterocycles. The molecule has 110 valence electrons. The zero-order valence-electron chi connectivity index (χ0n) is 12.1. The lowest BCUT2D eigenvalue weighted by molar-refractivity contribution is 0.141. The van der Waals surface area contributed by atoms with Crippen molar-refractivity contribution in [1.29, 1.82) is 0 Å². The highest BCUT2D eigenvalue weighted by atomic mass is 16.5. The SMILES string of the molecule is COCCN1CCCC1c1ccc2c(c1)OCCCO2. The number of methoxy groups -OCH3 is 1. The second-order valence-corrected chi connectivity index (χ2v) is 5.44. The average molecular weight is 277 g/mol. The van der Waals surface area contributed by atoms with E-state index in [2.05, 4.69) is 23.1 Å². The maximum Gasteiger partial charge on any atom is 0.161 e. The van der Waals surface area contributed by atoms with Crippen molar-refractivity contribution >= 4 is 0 Å². The van der Waals surface area contributed by atoms with Crippen LogP contribution in [0.4, 0.5) is 0 Å². The average Bonchev–Trinajstić information content (AvgIpc) is 2.81. The van der Waals surface area contributed by atoms with Crippen LogP contribution < -0.4 is 9.47 Å². The van der Waals surface area contributed by atoms with Gasteiger partial charge in [0.05, 0.1) is 19.8 Å². The molecule has 1 fully saturated rings. The number of rotatable bonds is 4. The fraction of sp³-hybridized carbons (Fsp3) is 0.625. The van der Waals surface area contributed by atoms with Gasteiger partial charge in [-0.25, -0.2) is 0 Å². The van der Waals surface area contributed by atoms with Crippen LogP contribution in [0.3, 0.4) is 0 Å². The molecule has 1 saturated heterocycles. The van der Waals surface area contributed by atoms with Crippen LogP contribution in [0.15, 0.2) is 18.2 Å². The van der Waals surface area contributed by atoms with Gasteiger partial charge >= 0.3 is 0 Å². The summed E-state index contributed by atoms with van der Waals surface area (Å²) in [6, 6.07) is 6.89. The Bertz CT molecular complexity index is 449. The number of hydrogen-bond donors (Lipinski definition) is 0. The van der Waals surface area contributed by atoms with Crippen LogP contribution in [-0.4, -0.2) is 44.9 Å². The lowest BCUT2D eigenvalue weighted by Crippen LogP contribution is -2.27. The Kier molecular flexibility index (Phi) is 4.43. The third kappa shape index (κ3) is 2.91. The molecule has 3 rings (SSSR count). The van der Waals surface area contributed by atoms with E-state index in [-0.39, 0.29) is 0 Å². The summed E-state index contributed by atoms with van der Waals surface area (Å²) in [5, 5.41) is 0. The quantitative estimate of drug-likeness (QED) is 0.846. The van der Waals surface area contributed by atoms with Crippen molar-refractivity contribution in [2.24, 2.45) is 0 Å². The third-order valence-corrected chi connectivity index (χ3v) is 4.10. The molecule has 1 atom stereocenters. The van der Waals surface area contributed by atoms with Crippen LogP contribution in [0.5, 0.6) is 11.5 Å². The molecule has 0 amide bonds. The first-order chi connectivity index (χ1) is 9.88. The molecule has 2 aliphatic rings. The summed E-state index contributed by atoms with van der Waals surface area (Å²) in [6.45, 7) is 4.43. The first-order valence-corrected chi connectivity index (χ1v) is 7.51. The zero-order valence-corrected chi connectivity index (χ0v) is 12.1. The van der Waals surface area contributed by atoms with Crippen molar-refractivity contribution < 1.29 is 14.2 Å². The van der Waals surface area contributed by atoms with Gasteiger partial charge in [-0.15, -0.1) is 0 Å². The van der Waals surface area contributed by atoms with Gasteiger partial charge in [0, 0.05) is 26.1 Å². The molecule has 1 aromatic rings. The summed E-state index contributed by atoms with van der Waals surface area (Å²) < 4.78 is 16.7. The molecule has 1 unspecified atom stereocenters. The third-order valence-electron chi connectivity index (χ3n) is 4.10. The van der Waals surface area contributed by atoms with E-state index in [9.17, 15) is 0 Å². The first kappa shape index (κ1) is 13.7. The topological polar surface area (TPSA) is 30.9 Å². The molecule has 4 nitrogen and oxygen atoms in total. The number of fused-ring (bicyclic) bond motifs is 1. The Hall–Kier alpha value is -1.26. The van der Waals surface area contributed by atoms with E-state index in [1.807, 2.05) is 0 Å². The molecule has 0 spiro atoms. The number of likely N-dealkylation sites (tertiary alicyclic amines) is 1. The first-order valence-electron chi connectivity index (χ1n) is 7.51. The second-order valence-electron chi connectivity index (χ2n) is 5.44. The Morgan fingerprint density at radius 3 is 2.90 bits per heavy atom. The smallest absolute Gasteiger partial charge is 0.161 e. The molecular weight excluding hydrogens is 254 g/mol. The highest BCUT2D eigenvalue weighted by Gasteiger charge is 2.26. The predicted molar refractivity (Wildman–Crippen MR) is 77.5 cm³/mol. The maximum atomic E-state index is 5.80. The van der Waals surface area contributed by atoms with Crippen molar-refractivity contribution in [1.82, 2.24) is 4.90 Å². The Balaban J connectivity index is 1.77. The molecule has 0 radical (unpaired) electrons. The molecule has 0 aromatic heterocycles. The van der Waals surface area contributed by atoms with Gasteiger partial charge in [0.2, 0.25) is 0 Å². The van der Waals surface area contributed by atoms with Crippen LogP contribution in [0.2, 0.25) is 0 Å². The van der Waals surface area contributed by atoms with E-state index in [0.29, 0.717) is 6.04 Å². The largest absolute Gasteiger partial charge is 0.490 e. The van der Waals surface area contributed by atoms with E-state index in [0.717, 1.165) is 50.8 Å². The summed E-state index contributed by atoms with van der Waals surface area (Å²) >= 11 is 0. The second kappa shape index (κ2) is 6.46. The molecule has 0 saturated carbocycles. The molecule has 20 heavy (non-hydrogen) atoms. The number of benzene rings is 1. The van der Waals surface area contributed by atoms with Crippen LogP contribution >= 0.6 is 0 Å². The van der Waals surface area contributed by atoms with E-state index < -0.39 is 0 Å². The van der Waals surface area contributed by atoms with E-state index in [1.165, 1.54) is 18.4 Å². The lowest BCUT2D eigenvalue weighted by atomic mass is 10.0. The van der Waals surface area contributed by atoms with Gasteiger partial charge in [0.1, 0.15) is 0 Å². The molecular formula is C16H23NO3. The minimum atomic E-state index is 0.488. The summed E-state index contributed by atoms with van der Waals surface area (Å²) in [7, 11) is 1.76. The molecule has 0 aliphatic carbocycles. The molecule has 2 aliphatic heterocycles. The summed E-state index contributed by atoms with van der Waals surface area (Å²) in [4.78, 5) is 2.50. The van der Waals surface area contributed by atoms with Gasteiger partial charge in [0.15, 0.2) is 11.5 Å². The van der Waals surface area contributed by atoms with Crippen molar-refractivity contribution in [3.63, 3.8) is 0 Å². The molecule has 1 aromatic carbocycles. The Morgan fingerprint density at radius 2 is 2.05 bits per heavy atom. The van der Waals surface area contributed by atoms with Crippen LogP contribution in [0, 0.1) is 0 Å². The predicted octanol–water partition coefficient (Wildman–Crippen LogP) is 2.63. The fourth-order valence-corrected chi connectivity index (χ4v) is 3.07. The fourth-order valence-electron chi connectivity index (χ4n) is 3.07. The highest BCUT2D eigenvalue weighted by Crippen LogP contribution is 2.37. The highest BCUT2D eigenvalue weighted by molar-refractivity contribution is 5.44. The molecule has 4 heteroatoms. The number of ether oxygens (including phenoxy) is 3. The Morgan fingerprint density at radius 1 is 1.20 bits per heavy atom. The van der Waals surface area contributed by atoms with Crippen molar-refractivity contribution in [2.45, 2.75) is 25.3 Å². The maximum absolute atomic E-state index is 5.80. The minimum Gasteiger partial charge on any atom is -0.490 e. The number of nitrogens with zero attached hydrogens (tertiary/aromatic N) is 1. The zero-order chi connectivity index (χ0) is 13.8. The van der Waals surface area contributed by atoms with E-state index >= 15 is 0 Å². The van der Waals surface area contributed by atoms with Gasteiger partial charge in [0.25, 0.3) is 0 Å². The van der Waals surface area contributed by atoms with Crippen LogP contribution in [0.25, 0.3) is 0 Å². The minimum absolute atomic E-state index is 0.488. The summed E-state index contributed by atoms with van der Waals surface area (Å²) in [6.07, 6.45) is 3.42. The van der Waals surface area contributed by atoms with E-state index in [4.69, 9.17) is 14.2 Å². The van der Waals surface area contributed by atoms with Gasteiger partial charge in [-0.1, -0.05) is 6.07 Å². The van der Waals surface area contributed by atoms with Gasteiger partial charge in [-0.05, 0) is 37.1 Å². The van der Waals surface area contributed by atoms with Crippen molar-refractivity contribution in [3.05, 3.63) is 23.8 Å². The lowest BCUT2D eigenvalue weighted by Gasteiger charge is -2.25. The van der Waals surface area contributed by atoms with Gasteiger partial charge < -0.3 is 14.2 Å².